The van der Waals surface area contributed by atoms with Gasteiger partial charge in [0.05, 0.1) is 33.2 Å². The summed E-state index contributed by atoms with van der Waals surface area (Å²) in [6.45, 7) is 2.99. The lowest BCUT2D eigenvalue weighted by atomic mass is 10.1. The van der Waals surface area contributed by atoms with E-state index >= 15 is 0 Å². The third-order valence-corrected chi connectivity index (χ3v) is 7.14. The summed E-state index contributed by atoms with van der Waals surface area (Å²) in [5.74, 6) is -0.507. The summed E-state index contributed by atoms with van der Waals surface area (Å²) in [4.78, 5) is 7.73. The number of halogens is 7. The zero-order chi connectivity index (χ0) is 26.2. The third-order valence-electron chi connectivity index (χ3n) is 4.66. The van der Waals surface area contributed by atoms with Crippen molar-refractivity contribution in [2.75, 3.05) is 10.6 Å². The Morgan fingerprint density at radius 2 is 1.49 bits per heavy atom. The van der Waals surface area contributed by atoms with Gasteiger partial charge in [-0.05, 0) is 44.2 Å². The fraction of sp³-hybridized carbons (Fsp3) is 0.238. The fourth-order valence-corrected chi connectivity index (χ4v) is 4.21. The molecule has 3 rings (SSSR count). The second-order valence-corrected chi connectivity index (χ2v) is 10.4. The molecule has 0 amide bonds. The standard InChI is InChI=1S/C21H17ClF6N4O2S/c1-11(2)35(33,34)17-6-4-3-5-16(17)31-18-15(22)10-29-19(32-18)30-14-8-12(20(23,24)25)7-13(9-14)21(26,27)28/h3-11H,1-2H3,(H2,29,30,31,32). The number of benzene rings is 2. The lowest BCUT2D eigenvalue weighted by molar-refractivity contribution is -0.143. The fourth-order valence-electron chi connectivity index (χ4n) is 2.87. The summed E-state index contributed by atoms with van der Waals surface area (Å²) < 4.78 is 104. The monoisotopic (exact) mass is 538 g/mol. The predicted molar refractivity (Wildman–Crippen MR) is 119 cm³/mol. The van der Waals surface area contributed by atoms with Crippen molar-refractivity contribution in [1.29, 1.82) is 0 Å². The van der Waals surface area contributed by atoms with Crippen molar-refractivity contribution in [2.45, 2.75) is 36.3 Å². The van der Waals surface area contributed by atoms with Gasteiger partial charge in [0.25, 0.3) is 0 Å². The molecule has 0 spiro atoms. The summed E-state index contributed by atoms with van der Waals surface area (Å²) in [6, 6.07) is 6.83. The van der Waals surface area contributed by atoms with Crippen molar-refractivity contribution >= 4 is 44.6 Å². The molecule has 0 fully saturated rings. The molecule has 0 saturated heterocycles. The average Bonchev–Trinajstić information content (AvgIpc) is 2.75. The molecule has 1 aromatic heterocycles. The van der Waals surface area contributed by atoms with E-state index in [2.05, 4.69) is 20.6 Å². The Kier molecular flexibility index (Phi) is 7.23. The number of alkyl halides is 6. The summed E-state index contributed by atoms with van der Waals surface area (Å²) in [5.41, 5.74) is -3.49. The van der Waals surface area contributed by atoms with Gasteiger partial charge in [-0.2, -0.15) is 31.3 Å². The minimum atomic E-state index is -5.03. The van der Waals surface area contributed by atoms with Crippen LogP contribution in [0.4, 0.5) is 49.5 Å². The van der Waals surface area contributed by atoms with E-state index in [-0.39, 0.29) is 33.4 Å². The van der Waals surface area contributed by atoms with Crippen LogP contribution in [-0.2, 0) is 22.2 Å². The van der Waals surface area contributed by atoms with Gasteiger partial charge in [-0.15, -0.1) is 0 Å². The number of nitrogens with one attached hydrogen (secondary N) is 2. The predicted octanol–water partition coefficient (Wildman–Crippen LogP) is 6.84. The summed E-state index contributed by atoms with van der Waals surface area (Å²) in [5, 5.41) is 4.22. The molecule has 0 aliphatic heterocycles. The number of hydrogen-bond acceptors (Lipinski definition) is 6. The van der Waals surface area contributed by atoms with E-state index in [9.17, 15) is 34.8 Å². The van der Waals surface area contributed by atoms with Crippen molar-refractivity contribution < 1.29 is 34.8 Å². The molecule has 1 heterocycles. The molecule has 35 heavy (non-hydrogen) atoms. The third kappa shape index (κ3) is 6.14. The molecule has 188 valence electrons. The van der Waals surface area contributed by atoms with Gasteiger partial charge in [-0.3, -0.25) is 0 Å². The van der Waals surface area contributed by atoms with Gasteiger partial charge in [0.1, 0.15) is 5.02 Å². The maximum Gasteiger partial charge on any atom is 0.416 e. The molecule has 0 aliphatic carbocycles. The average molecular weight is 539 g/mol. The van der Waals surface area contributed by atoms with Crippen LogP contribution < -0.4 is 10.6 Å². The first-order valence-corrected chi connectivity index (χ1v) is 11.7. The molecule has 6 nitrogen and oxygen atoms in total. The van der Waals surface area contributed by atoms with Gasteiger partial charge in [0.15, 0.2) is 15.7 Å². The molecule has 0 atom stereocenters. The van der Waals surface area contributed by atoms with Crippen LogP contribution in [0.3, 0.4) is 0 Å². The molecule has 2 aromatic carbocycles. The Morgan fingerprint density at radius 1 is 0.914 bits per heavy atom. The van der Waals surface area contributed by atoms with Crippen LogP contribution >= 0.6 is 11.6 Å². The van der Waals surface area contributed by atoms with Crippen LogP contribution in [0, 0.1) is 0 Å². The minimum Gasteiger partial charge on any atom is -0.338 e. The zero-order valence-corrected chi connectivity index (χ0v) is 19.5. The van der Waals surface area contributed by atoms with Crippen LogP contribution in [-0.4, -0.2) is 23.6 Å². The summed E-state index contributed by atoms with van der Waals surface area (Å²) >= 11 is 6.09. The first kappa shape index (κ1) is 26.5. The lowest BCUT2D eigenvalue weighted by Gasteiger charge is -2.16. The number of hydrogen-bond donors (Lipinski definition) is 2. The van der Waals surface area contributed by atoms with Crippen LogP contribution in [0.15, 0.2) is 53.6 Å². The van der Waals surface area contributed by atoms with E-state index in [1.807, 2.05) is 0 Å². The minimum absolute atomic E-state index is 0.00697. The normalized spacial score (nSPS) is 12.6. The highest BCUT2D eigenvalue weighted by Gasteiger charge is 2.37. The number of aromatic nitrogens is 2. The van der Waals surface area contributed by atoms with E-state index < -0.39 is 44.3 Å². The Hall–Kier alpha value is -3.06. The quantitative estimate of drug-likeness (QED) is 0.334. The highest BCUT2D eigenvalue weighted by Crippen LogP contribution is 2.38. The molecule has 0 unspecified atom stereocenters. The molecule has 0 saturated carbocycles. The van der Waals surface area contributed by atoms with Gasteiger partial charge in [-0.25, -0.2) is 13.4 Å². The van der Waals surface area contributed by atoms with Crippen molar-refractivity contribution in [3.63, 3.8) is 0 Å². The maximum atomic E-state index is 13.1. The van der Waals surface area contributed by atoms with Crippen LogP contribution in [0.1, 0.15) is 25.0 Å². The van der Waals surface area contributed by atoms with E-state index in [1.54, 1.807) is 6.07 Å². The van der Waals surface area contributed by atoms with Crippen LogP contribution in [0.2, 0.25) is 5.02 Å². The molecular weight excluding hydrogens is 522 g/mol. The number of sulfone groups is 1. The van der Waals surface area contributed by atoms with Gasteiger partial charge < -0.3 is 10.6 Å². The van der Waals surface area contributed by atoms with E-state index in [0.29, 0.717) is 12.1 Å². The first-order valence-electron chi connectivity index (χ1n) is 9.78. The van der Waals surface area contributed by atoms with Crippen molar-refractivity contribution in [2.24, 2.45) is 0 Å². The number of para-hydroxylation sites is 1. The summed E-state index contributed by atoms with van der Waals surface area (Å²) in [6.07, 6.45) is -9.01. The summed E-state index contributed by atoms with van der Waals surface area (Å²) in [7, 11) is -3.71. The zero-order valence-electron chi connectivity index (χ0n) is 18.0. The molecule has 0 bridgehead atoms. The van der Waals surface area contributed by atoms with Crippen molar-refractivity contribution in [1.82, 2.24) is 9.97 Å². The van der Waals surface area contributed by atoms with Gasteiger partial charge in [0.2, 0.25) is 5.95 Å². The number of nitrogens with zero attached hydrogens (tertiary/aromatic N) is 2. The van der Waals surface area contributed by atoms with Crippen LogP contribution in [0.25, 0.3) is 0 Å². The lowest BCUT2D eigenvalue weighted by Crippen LogP contribution is -2.15. The molecule has 3 aromatic rings. The Balaban J connectivity index is 2.00. The van der Waals surface area contributed by atoms with E-state index in [4.69, 9.17) is 11.6 Å². The van der Waals surface area contributed by atoms with Gasteiger partial charge in [-0.1, -0.05) is 23.7 Å². The maximum absolute atomic E-state index is 13.1. The van der Waals surface area contributed by atoms with Gasteiger partial charge in [0, 0.05) is 5.69 Å². The van der Waals surface area contributed by atoms with E-state index in [0.717, 1.165) is 6.20 Å². The second-order valence-electron chi connectivity index (χ2n) is 7.52. The molecule has 0 aliphatic rings. The second kappa shape index (κ2) is 9.53. The SMILES string of the molecule is CC(C)S(=O)(=O)c1ccccc1Nc1nc(Nc2cc(C(F)(F)F)cc(C(F)(F)F)c2)ncc1Cl. The van der Waals surface area contributed by atoms with Crippen LogP contribution in [0.5, 0.6) is 0 Å². The molecule has 0 radical (unpaired) electrons. The van der Waals surface area contributed by atoms with Gasteiger partial charge >= 0.3 is 12.4 Å². The van der Waals surface area contributed by atoms with E-state index in [1.165, 1.54) is 32.0 Å². The van der Waals surface area contributed by atoms with Crippen molar-refractivity contribution in [3.8, 4) is 0 Å². The van der Waals surface area contributed by atoms with Crippen molar-refractivity contribution in [3.05, 3.63) is 64.8 Å². The highest BCUT2D eigenvalue weighted by atomic mass is 35.5. The Labute approximate surface area is 201 Å². The Morgan fingerprint density at radius 3 is 2.03 bits per heavy atom. The molecule has 14 heteroatoms. The smallest absolute Gasteiger partial charge is 0.338 e. The molecular formula is C21H17ClF6N4O2S. The topological polar surface area (TPSA) is 84.0 Å². The number of rotatable bonds is 6. The largest absolute Gasteiger partial charge is 0.416 e. The highest BCUT2D eigenvalue weighted by molar-refractivity contribution is 7.92. The number of anilines is 4. The first-order chi connectivity index (χ1) is 16.1. The molecule has 2 N–H and O–H groups in total. The Bertz CT molecular complexity index is 1310.